The average Bonchev–Trinajstić information content (AvgIpc) is 2.67. The molecule has 0 amide bonds. The Kier molecular flexibility index (Phi) is 4.36. The molecule has 1 aliphatic rings. The van der Waals surface area contributed by atoms with Gasteiger partial charge in [0.1, 0.15) is 5.52 Å². The van der Waals surface area contributed by atoms with Gasteiger partial charge in [0, 0.05) is 37.0 Å². The normalized spacial score (nSPS) is 14.6. The Bertz CT molecular complexity index is 974. The van der Waals surface area contributed by atoms with Crippen molar-refractivity contribution >= 4 is 34.1 Å². The second kappa shape index (κ2) is 6.81. The van der Waals surface area contributed by atoms with Crippen molar-refractivity contribution in [3.05, 3.63) is 51.7 Å². The highest BCUT2D eigenvalue weighted by atomic mass is 35.5. The smallest absolute Gasteiger partial charge is 0.269 e. The van der Waals surface area contributed by atoms with Gasteiger partial charge in [0.15, 0.2) is 11.6 Å². The van der Waals surface area contributed by atoms with Crippen LogP contribution in [-0.4, -0.2) is 46.2 Å². The van der Waals surface area contributed by atoms with E-state index in [1.54, 1.807) is 24.4 Å². The van der Waals surface area contributed by atoms with Crippen LogP contribution >= 0.6 is 11.6 Å². The maximum Gasteiger partial charge on any atom is 0.269 e. The molecule has 0 unspecified atom stereocenters. The number of hydrogen-bond donors (Lipinski definition) is 0. The highest BCUT2D eigenvalue weighted by molar-refractivity contribution is 6.31. The summed E-state index contributed by atoms with van der Waals surface area (Å²) in [6.45, 7) is 2.64. The van der Waals surface area contributed by atoms with Gasteiger partial charge in [-0.2, -0.15) is 0 Å². The van der Waals surface area contributed by atoms with E-state index >= 15 is 0 Å². The molecule has 1 aliphatic heterocycles. The summed E-state index contributed by atoms with van der Waals surface area (Å²) in [5.74, 6) is 1.18. The molecule has 0 saturated carbocycles. The van der Waals surface area contributed by atoms with Crippen molar-refractivity contribution in [2.75, 3.05) is 31.2 Å². The van der Waals surface area contributed by atoms with Gasteiger partial charge in [0.25, 0.3) is 5.69 Å². The summed E-state index contributed by atoms with van der Waals surface area (Å²) in [5.41, 5.74) is 2.00. The maximum atomic E-state index is 10.9. The molecule has 132 valence electrons. The number of morpholine rings is 1. The summed E-state index contributed by atoms with van der Waals surface area (Å²) in [5, 5.41) is 11.3. The number of anilines is 1. The number of halogens is 1. The molecule has 4 rings (SSSR count). The van der Waals surface area contributed by atoms with Crippen molar-refractivity contribution in [3.63, 3.8) is 0 Å². The number of hydrogen-bond acceptors (Lipinski definition) is 7. The lowest BCUT2D eigenvalue weighted by Gasteiger charge is -2.28. The standard InChI is InChI=1S/C17H14ClN5O3/c18-12-9-14-15(19-10-12)17(22-5-7-26-8-6-22)21-16(20-14)11-1-3-13(4-2-11)23(24)25/h1-4,9-10H,5-8H2. The van der Waals surface area contributed by atoms with Crippen molar-refractivity contribution in [2.24, 2.45) is 0 Å². The van der Waals surface area contributed by atoms with E-state index in [9.17, 15) is 10.1 Å². The fourth-order valence-electron chi connectivity index (χ4n) is 2.84. The van der Waals surface area contributed by atoms with Crippen LogP contribution in [0.3, 0.4) is 0 Å². The van der Waals surface area contributed by atoms with Crippen molar-refractivity contribution in [1.82, 2.24) is 15.0 Å². The third-order valence-corrected chi connectivity index (χ3v) is 4.34. The number of rotatable bonds is 3. The highest BCUT2D eigenvalue weighted by Crippen LogP contribution is 2.28. The summed E-state index contributed by atoms with van der Waals surface area (Å²) >= 11 is 6.08. The van der Waals surface area contributed by atoms with Gasteiger partial charge in [-0.3, -0.25) is 10.1 Å². The second-order valence-corrected chi connectivity index (χ2v) is 6.23. The first-order chi connectivity index (χ1) is 12.6. The second-order valence-electron chi connectivity index (χ2n) is 5.80. The number of non-ortho nitro benzene ring substituents is 1. The Morgan fingerprint density at radius 3 is 2.58 bits per heavy atom. The quantitative estimate of drug-likeness (QED) is 0.515. The number of nitro benzene ring substituents is 1. The first-order valence-corrected chi connectivity index (χ1v) is 8.40. The van der Waals surface area contributed by atoms with Gasteiger partial charge in [-0.15, -0.1) is 0 Å². The van der Waals surface area contributed by atoms with E-state index < -0.39 is 4.92 Å². The number of pyridine rings is 1. The first-order valence-electron chi connectivity index (χ1n) is 8.02. The Balaban J connectivity index is 1.85. The Morgan fingerprint density at radius 1 is 1.15 bits per heavy atom. The van der Waals surface area contributed by atoms with Gasteiger partial charge in [-0.05, 0) is 18.2 Å². The SMILES string of the molecule is O=[N+]([O-])c1ccc(-c2nc(N3CCOCC3)c3ncc(Cl)cc3n2)cc1. The maximum absolute atomic E-state index is 10.9. The Morgan fingerprint density at radius 2 is 1.88 bits per heavy atom. The van der Waals surface area contributed by atoms with E-state index in [4.69, 9.17) is 16.3 Å². The van der Waals surface area contributed by atoms with E-state index in [1.165, 1.54) is 12.1 Å². The molecule has 0 spiro atoms. The van der Waals surface area contributed by atoms with E-state index in [2.05, 4.69) is 19.9 Å². The lowest BCUT2D eigenvalue weighted by Crippen LogP contribution is -2.37. The van der Waals surface area contributed by atoms with Gasteiger partial charge >= 0.3 is 0 Å². The summed E-state index contributed by atoms with van der Waals surface area (Å²) in [6.07, 6.45) is 1.57. The van der Waals surface area contributed by atoms with Crippen molar-refractivity contribution in [3.8, 4) is 11.4 Å². The van der Waals surface area contributed by atoms with Crippen LogP contribution in [0.25, 0.3) is 22.4 Å². The number of aromatic nitrogens is 3. The van der Waals surface area contributed by atoms with Gasteiger partial charge < -0.3 is 9.64 Å². The zero-order valence-electron chi connectivity index (χ0n) is 13.6. The van der Waals surface area contributed by atoms with Gasteiger partial charge in [0.05, 0.1) is 28.7 Å². The molecule has 3 heterocycles. The molecule has 0 atom stereocenters. The van der Waals surface area contributed by atoms with E-state index in [1.807, 2.05) is 0 Å². The molecular weight excluding hydrogens is 358 g/mol. The minimum Gasteiger partial charge on any atom is -0.378 e. The fraction of sp³-hybridized carbons (Fsp3) is 0.235. The predicted octanol–water partition coefficient (Wildman–Crippen LogP) is 3.09. The first kappa shape index (κ1) is 16.6. The van der Waals surface area contributed by atoms with Crippen LogP contribution in [0.5, 0.6) is 0 Å². The molecule has 9 heteroatoms. The molecule has 3 aromatic rings. The number of nitro groups is 1. The molecular formula is C17H14ClN5O3. The number of nitrogens with zero attached hydrogens (tertiary/aromatic N) is 5. The van der Waals surface area contributed by atoms with Crippen molar-refractivity contribution in [1.29, 1.82) is 0 Å². The number of fused-ring (bicyclic) bond motifs is 1. The topological polar surface area (TPSA) is 94.3 Å². The lowest BCUT2D eigenvalue weighted by atomic mass is 10.2. The van der Waals surface area contributed by atoms with Gasteiger partial charge in [-0.1, -0.05) is 11.6 Å². The number of benzene rings is 1. The summed E-state index contributed by atoms with van der Waals surface area (Å²) in [4.78, 5) is 26.2. The molecule has 26 heavy (non-hydrogen) atoms. The molecule has 2 aromatic heterocycles. The van der Waals surface area contributed by atoms with E-state index in [0.717, 1.165) is 0 Å². The average molecular weight is 372 g/mol. The molecule has 1 saturated heterocycles. The van der Waals surface area contributed by atoms with E-state index in [0.29, 0.717) is 59.6 Å². The zero-order valence-corrected chi connectivity index (χ0v) is 14.4. The van der Waals surface area contributed by atoms with Crippen LogP contribution in [0.1, 0.15) is 0 Å². The summed E-state index contributed by atoms with van der Waals surface area (Å²) < 4.78 is 5.41. The minimum absolute atomic E-state index is 0.0210. The van der Waals surface area contributed by atoms with Crippen molar-refractivity contribution < 1.29 is 9.66 Å². The molecule has 0 bridgehead atoms. The monoisotopic (exact) mass is 371 g/mol. The van der Waals surface area contributed by atoms with Gasteiger partial charge in [0.2, 0.25) is 0 Å². The van der Waals surface area contributed by atoms with Crippen molar-refractivity contribution in [2.45, 2.75) is 0 Å². The third kappa shape index (κ3) is 3.16. The molecule has 1 aromatic carbocycles. The molecule has 1 fully saturated rings. The summed E-state index contributed by atoms with van der Waals surface area (Å²) in [7, 11) is 0. The van der Waals surface area contributed by atoms with Crippen LogP contribution < -0.4 is 4.90 Å². The molecule has 0 aliphatic carbocycles. The predicted molar refractivity (Wildman–Crippen MR) is 97.5 cm³/mol. The summed E-state index contributed by atoms with van der Waals surface area (Å²) in [6, 6.07) is 7.90. The highest BCUT2D eigenvalue weighted by Gasteiger charge is 2.19. The van der Waals surface area contributed by atoms with Crippen LogP contribution in [0.15, 0.2) is 36.5 Å². The van der Waals surface area contributed by atoms with E-state index in [-0.39, 0.29) is 5.69 Å². The molecule has 0 radical (unpaired) electrons. The molecule has 8 nitrogen and oxygen atoms in total. The van der Waals surface area contributed by atoms with Crippen LogP contribution in [0.2, 0.25) is 5.02 Å². The van der Waals surface area contributed by atoms with Crippen LogP contribution in [-0.2, 0) is 4.74 Å². The zero-order chi connectivity index (χ0) is 18.1. The minimum atomic E-state index is -0.437. The lowest BCUT2D eigenvalue weighted by molar-refractivity contribution is -0.384. The van der Waals surface area contributed by atoms with Gasteiger partial charge in [-0.25, -0.2) is 15.0 Å². The number of ether oxygens (including phenoxy) is 1. The fourth-order valence-corrected chi connectivity index (χ4v) is 2.99. The molecule has 0 N–H and O–H groups in total. The third-order valence-electron chi connectivity index (χ3n) is 4.13. The largest absolute Gasteiger partial charge is 0.378 e. The Labute approximate surface area is 153 Å². The van der Waals surface area contributed by atoms with Crippen LogP contribution in [0.4, 0.5) is 11.5 Å². The Hall–Kier alpha value is -2.84. The van der Waals surface area contributed by atoms with Crippen LogP contribution in [0, 0.1) is 10.1 Å².